The van der Waals surface area contributed by atoms with Crippen LogP contribution in [0, 0.1) is 28.6 Å². The maximum Gasteiger partial charge on any atom is 0.248 e. The molecule has 0 radical (unpaired) electrons. The van der Waals surface area contributed by atoms with E-state index in [1.54, 1.807) is 11.1 Å². The summed E-state index contributed by atoms with van der Waals surface area (Å²) in [5.41, 5.74) is 0.568. The molecule has 1 amide bonds. The fraction of sp³-hybridized carbons (Fsp3) is 0.500. The van der Waals surface area contributed by atoms with Crippen molar-refractivity contribution in [3.05, 3.63) is 42.2 Å². The maximum absolute atomic E-state index is 13.6. The van der Waals surface area contributed by atoms with Crippen LogP contribution in [0.15, 0.2) is 36.5 Å². The molecule has 2 aliphatic heterocycles. The number of aromatic nitrogens is 2. The van der Waals surface area contributed by atoms with E-state index in [0.717, 1.165) is 37.1 Å². The highest BCUT2D eigenvalue weighted by Gasteiger charge is 2.62. The maximum atomic E-state index is 13.6. The van der Waals surface area contributed by atoms with Crippen LogP contribution in [-0.2, 0) is 20.9 Å². The number of nitrogens with one attached hydrogen (secondary N) is 1. The van der Waals surface area contributed by atoms with Crippen LogP contribution < -0.4 is 10.2 Å². The van der Waals surface area contributed by atoms with Crippen molar-refractivity contribution < 1.29 is 14.3 Å². The summed E-state index contributed by atoms with van der Waals surface area (Å²) >= 11 is 0. The molecule has 4 heterocycles. The summed E-state index contributed by atoms with van der Waals surface area (Å²) in [4.78, 5) is 24.3. The number of carbonyl (C=O) groups excluding carboxylic acids is 1. The molecule has 2 atom stereocenters. The Morgan fingerprint density at radius 1 is 1.12 bits per heavy atom. The summed E-state index contributed by atoms with van der Waals surface area (Å²) in [6.07, 6.45) is 5.27. The van der Waals surface area contributed by atoms with E-state index >= 15 is 0 Å². The SMILES string of the molecule is N#C[C@]1(C2CC2)C(=O)N2C[C@H]1COCCCCOCc1cccc(n1)Nc1cc2ccn1. The highest BCUT2D eigenvalue weighted by molar-refractivity contribution is 6.03. The van der Waals surface area contributed by atoms with Gasteiger partial charge in [-0.2, -0.15) is 5.26 Å². The first-order chi connectivity index (χ1) is 15.7. The van der Waals surface area contributed by atoms with Crippen LogP contribution in [-0.4, -0.2) is 42.2 Å². The van der Waals surface area contributed by atoms with Gasteiger partial charge in [-0.15, -0.1) is 0 Å². The Balaban J connectivity index is 1.47. The molecule has 5 rings (SSSR count). The topological polar surface area (TPSA) is 100 Å². The average Bonchev–Trinajstić information content (AvgIpc) is 3.61. The Labute approximate surface area is 187 Å². The molecule has 2 fully saturated rings. The van der Waals surface area contributed by atoms with Gasteiger partial charge in [0, 0.05) is 43.6 Å². The third-order valence-electron chi connectivity index (χ3n) is 6.57. The Morgan fingerprint density at radius 2 is 1.97 bits per heavy atom. The standard InChI is InChI=1S/C24H27N5O3/c25-16-24(17-6-7-17)18-13-29(23(24)30)20-8-9-26-22(12-20)28-21-5-3-4-19(27-21)15-32-11-2-1-10-31-14-18/h3-5,8-9,12,17-18H,1-2,6-7,10-11,13-15H2,(H,26,27,28)/t18-,24+/m0/s1. The van der Waals surface area contributed by atoms with Gasteiger partial charge in [0.2, 0.25) is 5.91 Å². The number of anilines is 3. The van der Waals surface area contributed by atoms with Gasteiger partial charge in [0.05, 0.1) is 25.0 Å². The summed E-state index contributed by atoms with van der Waals surface area (Å²) in [6, 6.07) is 11.8. The van der Waals surface area contributed by atoms with E-state index in [-0.39, 0.29) is 17.7 Å². The molecular weight excluding hydrogens is 406 g/mol. The van der Waals surface area contributed by atoms with E-state index in [4.69, 9.17) is 9.47 Å². The van der Waals surface area contributed by atoms with Crippen LogP contribution in [0.5, 0.6) is 0 Å². The van der Waals surface area contributed by atoms with Crippen molar-refractivity contribution in [1.82, 2.24) is 9.97 Å². The molecule has 8 nitrogen and oxygen atoms in total. The van der Waals surface area contributed by atoms with E-state index in [1.807, 2.05) is 30.3 Å². The summed E-state index contributed by atoms with van der Waals surface area (Å²) < 4.78 is 11.7. The minimum Gasteiger partial charge on any atom is -0.381 e. The first-order valence-electron chi connectivity index (χ1n) is 11.3. The lowest BCUT2D eigenvalue weighted by Crippen LogP contribution is -2.38. The summed E-state index contributed by atoms with van der Waals surface area (Å²) in [5, 5.41) is 13.4. The first-order valence-corrected chi connectivity index (χ1v) is 11.3. The van der Waals surface area contributed by atoms with Gasteiger partial charge in [-0.25, -0.2) is 9.97 Å². The normalized spacial score (nSPS) is 26.5. The number of pyridine rings is 2. The Bertz CT molecular complexity index is 1030. The van der Waals surface area contributed by atoms with Crippen LogP contribution in [0.4, 0.5) is 17.3 Å². The van der Waals surface area contributed by atoms with Crippen molar-refractivity contribution in [3.63, 3.8) is 0 Å². The molecule has 0 spiro atoms. The number of nitrogens with zero attached hydrogens (tertiary/aromatic N) is 4. The van der Waals surface area contributed by atoms with E-state index in [0.29, 0.717) is 44.6 Å². The van der Waals surface area contributed by atoms with Crippen molar-refractivity contribution in [1.29, 1.82) is 5.26 Å². The number of amides is 1. The lowest BCUT2D eigenvalue weighted by molar-refractivity contribution is -0.125. The zero-order valence-electron chi connectivity index (χ0n) is 18.0. The number of ether oxygens (including phenoxy) is 2. The van der Waals surface area contributed by atoms with Crippen LogP contribution in [0.1, 0.15) is 31.4 Å². The Morgan fingerprint density at radius 3 is 2.78 bits per heavy atom. The Hall–Kier alpha value is -3.02. The summed E-state index contributed by atoms with van der Waals surface area (Å²) in [5.74, 6) is 1.12. The van der Waals surface area contributed by atoms with Gasteiger partial charge in [0.25, 0.3) is 0 Å². The van der Waals surface area contributed by atoms with Gasteiger partial charge in [-0.05, 0) is 49.8 Å². The molecule has 1 N–H and O–H groups in total. The van der Waals surface area contributed by atoms with Crippen molar-refractivity contribution in [2.45, 2.75) is 32.3 Å². The van der Waals surface area contributed by atoms with Gasteiger partial charge in [-0.1, -0.05) is 6.07 Å². The zero-order chi connectivity index (χ0) is 22.0. The second kappa shape index (κ2) is 8.85. The van der Waals surface area contributed by atoms with Crippen molar-refractivity contribution in [3.8, 4) is 6.07 Å². The smallest absolute Gasteiger partial charge is 0.248 e. The van der Waals surface area contributed by atoms with E-state index in [9.17, 15) is 10.1 Å². The monoisotopic (exact) mass is 433 g/mol. The number of rotatable bonds is 1. The minimum atomic E-state index is -1.00. The fourth-order valence-electron chi connectivity index (χ4n) is 4.76. The number of hydrogen-bond donors (Lipinski definition) is 1. The van der Waals surface area contributed by atoms with Crippen molar-refractivity contribution in [2.75, 3.05) is 36.6 Å². The molecule has 2 aromatic heterocycles. The molecule has 6 bridgehead atoms. The molecule has 0 unspecified atom stereocenters. The predicted octanol–water partition coefficient (Wildman–Crippen LogP) is 3.43. The first kappa shape index (κ1) is 20.9. The van der Waals surface area contributed by atoms with Crippen LogP contribution in [0.3, 0.4) is 0 Å². The number of carbonyl (C=O) groups is 1. The van der Waals surface area contributed by atoms with Crippen molar-refractivity contribution >= 4 is 23.2 Å². The van der Waals surface area contributed by atoms with Gasteiger partial charge in [0.1, 0.15) is 17.1 Å². The molecule has 166 valence electrons. The van der Waals surface area contributed by atoms with E-state index in [1.165, 1.54) is 0 Å². The van der Waals surface area contributed by atoms with Gasteiger partial charge in [-0.3, -0.25) is 4.79 Å². The van der Waals surface area contributed by atoms with Crippen molar-refractivity contribution in [2.24, 2.45) is 17.3 Å². The summed E-state index contributed by atoms with van der Waals surface area (Å²) in [7, 11) is 0. The second-order valence-corrected chi connectivity index (χ2v) is 8.74. The molecule has 32 heavy (non-hydrogen) atoms. The molecule has 3 aliphatic rings. The van der Waals surface area contributed by atoms with Crippen LogP contribution in [0.2, 0.25) is 0 Å². The van der Waals surface area contributed by atoms with Crippen LogP contribution in [0.25, 0.3) is 0 Å². The highest BCUT2D eigenvalue weighted by Crippen LogP contribution is 2.54. The molecule has 1 saturated carbocycles. The van der Waals surface area contributed by atoms with Crippen LogP contribution >= 0.6 is 0 Å². The molecule has 8 heteroatoms. The lowest BCUT2D eigenvalue weighted by atomic mass is 9.75. The van der Waals surface area contributed by atoms with E-state index in [2.05, 4.69) is 21.4 Å². The number of hydrogen-bond acceptors (Lipinski definition) is 7. The summed E-state index contributed by atoms with van der Waals surface area (Å²) in [6.45, 7) is 2.56. The number of nitriles is 1. The molecule has 1 saturated heterocycles. The molecule has 1 aliphatic carbocycles. The quantitative estimate of drug-likeness (QED) is 0.735. The predicted molar refractivity (Wildman–Crippen MR) is 118 cm³/mol. The van der Waals surface area contributed by atoms with E-state index < -0.39 is 5.41 Å². The Kier molecular flexibility index (Phi) is 5.77. The fourth-order valence-corrected chi connectivity index (χ4v) is 4.76. The van der Waals surface area contributed by atoms with Gasteiger partial charge >= 0.3 is 0 Å². The molecule has 0 aromatic carbocycles. The largest absolute Gasteiger partial charge is 0.381 e. The van der Waals surface area contributed by atoms with Gasteiger partial charge in [0.15, 0.2) is 0 Å². The molecular formula is C24H27N5O3. The third kappa shape index (κ3) is 3.94. The van der Waals surface area contributed by atoms with Gasteiger partial charge < -0.3 is 19.7 Å². The molecule has 2 aromatic rings. The zero-order valence-corrected chi connectivity index (χ0v) is 18.0. The highest BCUT2D eigenvalue weighted by atomic mass is 16.5. The average molecular weight is 434 g/mol. The lowest BCUT2D eigenvalue weighted by Gasteiger charge is -2.25. The second-order valence-electron chi connectivity index (χ2n) is 8.74. The number of fused-ring (bicyclic) bond motifs is 7. The third-order valence-corrected chi connectivity index (χ3v) is 6.57. The minimum absolute atomic E-state index is 0.111.